The third-order valence-corrected chi connectivity index (χ3v) is 11.6. The Balaban J connectivity index is 1.80. The van der Waals surface area contributed by atoms with Crippen molar-refractivity contribution >= 4 is 29.6 Å². The van der Waals surface area contributed by atoms with Crippen molar-refractivity contribution in [2.75, 3.05) is 27.8 Å². The molecule has 0 bridgehead atoms. The van der Waals surface area contributed by atoms with Crippen LogP contribution in [-0.2, 0) is 42.9 Å². The van der Waals surface area contributed by atoms with Gasteiger partial charge in [0.25, 0.3) is 0 Å². The summed E-state index contributed by atoms with van der Waals surface area (Å²) in [5.41, 5.74) is 0.549. The molecule has 17 nitrogen and oxygen atoms in total. The van der Waals surface area contributed by atoms with E-state index in [4.69, 9.17) is 18.9 Å². The van der Waals surface area contributed by atoms with Gasteiger partial charge in [-0.2, -0.15) is 0 Å². The highest BCUT2D eigenvalue weighted by molar-refractivity contribution is 5.87. The van der Waals surface area contributed by atoms with E-state index < -0.39 is 91.0 Å². The lowest BCUT2D eigenvalue weighted by atomic mass is 9.89. The fourth-order valence-corrected chi connectivity index (χ4v) is 8.13. The van der Waals surface area contributed by atoms with E-state index in [2.05, 4.69) is 10.6 Å². The highest BCUT2D eigenvalue weighted by Gasteiger charge is 2.49. The van der Waals surface area contributed by atoms with Crippen LogP contribution in [0.3, 0.4) is 0 Å². The Labute approximate surface area is 341 Å². The first kappa shape index (κ1) is 48.7. The zero-order chi connectivity index (χ0) is 43.6. The van der Waals surface area contributed by atoms with E-state index in [0.29, 0.717) is 31.4 Å². The standard InChI is InChI=1S/C41H66N4O13/c1-11-22(4)31(44(8)39(52)30(21(2)3)43-25(7)46)28(55-9)20-29(47)45-19-15-18-27(45)35(56-10)23(5)38(51)42-24(6)36(26-16-13-12-14-17-26)57-41-34(50)32(48)33(49)37(58-41)40(53)54/h12-14,16-17,21-24,27-28,30-37,41,48-50H,11,15,18-20H2,1-10H3,(H,42,51)(H,43,46)(H,53,54)/t22-,23+,24+,27-,28+,30-,31-,32-,33-,34+,35+,36+,37?,41+/m0/s1. The van der Waals surface area contributed by atoms with Crippen LogP contribution in [0.2, 0.25) is 0 Å². The molecular formula is C41H66N4O13. The van der Waals surface area contributed by atoms with Gasteiger partial charge in [-0.05, 0) is 37.2 Å². The summed E-state index contributed by atoms with van der Waals surface area (Å²) in [6, 6.07) is 6.14. The minimum Gasteiger partial charge on any atom is -0.479 e. The highest BCUT2D eigenvalue weighted by atomic mass is 16.7. The first-order valence-electron chi connectivity index (χ1n) is 20.1. The maximum atomic E-state index is 14.2. The van der Waals surface area contributed by atoms with Crippen LogP contribution in [0.25, 0.3) is 0 Å². The summed E-state index contributed by atoms with van der Waals surface area (Å²) >= 11 is 0. The third kappa shape index (κ3) is 11.7. The van der Waals surface area contributed by atoms with Crippen LogP contribution in [0.1, 0.15) is 85.8 Å². The van der Waals surface area contributed by atoms with E-state index in [0.717, 1.165) is 0 Å². The monoisotopic (exact) mass is 822 g/mol. The summed E-state index contributed by atoms with van der Waals surface area (Å²) in [4.78, 5) is 69.0. The second-order valence-electron chi connectivity index (χ2n) is 16.0. The van der Waals surface area contributed by atoms with E-state index in [1.807, 2.05) is 27.7 Å². The van der Waals surface area contributed by atoms with Crippen LogP contribution in [-0.4, -0.2) is 155 Å². The molecule has 2 heterocycles. The van der Waals surface area contributed by atoms with E-state index in [1.165, 1.54) is 21.1 Å². The smallest absolute Gasteiger partial charge is 0.335 e. The van der Waals surface area contributed by atoms with Crippen LogP contribution in [0, 0.1) is 17.8 Å². The lowest BCUT2D eigenvalue weighted by Crippen LogP contribution is -2.61. The zero-order valence-corrected chi connectivity index (χ0v) is 35.4. The molecule has 1 aromatic rings. The summed E-state index contributed by atoms with van der Waals surface area (Å²) < 4.78 is 23.3. The van der Waals surface area contributed by atoms with Gasteiger partial charge in [0, 0.05) is 34.7 Å². The van der Waals surface area contributed by atoms with Crippen molar-refractivity contribution in [1.82, 2.24) is 20.4 Å². The summed E-state index contributed by atoms with van der Waals surface area (Å²) in [5.74, 6) is -3.83. The van der Waals surface area contributed by atoms with Crippen molar-refractivity contribution in [1.29, 1.82) is 0 Å². The predicted molar refractivity (Wildman–Crippen MR) is 211 cm³/mol. The lowest BCUT2D eigenvalue weighted by Gasteiger charge is -2.41. The Hall–Kier alpha value is -3.71. The van der Waals surface area contributed by atoms with Crippen molar-refractivity contribution in [3.05, 3.63) is 35.9 Å². The maximum Gasteiger partial charge on any atom is 0.335 e. The van der Waals surface area contributed by atoms with E-state index in [1.54, 1.807) is 61.0 Å². The molecule has 1 aromatic carbocycles. The van der Waals surface area contributed by atoms with Crippen molar-refractivity contribution in [3.8, 4) is 0 Å². The largest absolute Gasteiger partial charge is 0.479 e. The van der Waals surface area contributed by atoms with Crippen molar-refractivity contribution < 1.29 is 63.3 Å². The summed E-state index contributed by atoms with van der Waals surface area (Å²) in [7, 11) is 4.66. The highest BCUT2D eigenvalue weighted by Crippen LogP contribution is 2.32. The van der Waals surface area contributed by atoms with Crippen LogP contribution >= 0.6 is 0 Å². The molecule has 2 aliphatic rings. The number of ether oxygens (including phenoxy) is 4. The number of aliphatic hydroxyl groups excluding tert-OH is 3. The van der Waals surface area contributed by atoms with Crippen LogP contribution in [0.4, 0.5) is 0 Å². The number of rotatable bonds is 20. The molecule has 17 heteroatoms. The van der Waals surface area contributed by atoms with Crippen molar-refractivity contribution in [2.24, 2.45) is 17.8 Å². The number of aliphatic hydroxyl groups is 3. The van der Waals surface area contributed by atoms with Gasteiger partial charge < -0.3 is 59.8 Å². The average molecular weight is 823 g/mol. The minimum atomic E-state index is -1.90. The molecule has 4 amide bonds. The molecule has 0 aromatic heterocycles. The van der Waals surface area contributed by atoms with Gasteiger partial charge in [0.1, 0.15) is 30.5 Å². The number of hydrogen-bond acceptors (Lipinski definition) is 12. The molecule has 3 rings (SSSR count). The number of aliphatic carboxylic acids is 1. The Morgan fingerprint density at radius 1 is 0.948 bits per heavy atom. The van der Waals surface area contributed by atoms with E-state index >= 15 is 0 Å². The third-order valence-electron chi connectivity index (χ3n) is 11.6. The van der Waals surface area contributed by atoms with Gasteiger partial charge in [-0.25, -0.2) is 4.79 Å². The second-order valence-corrected chi connectivity index (χ2v) is 16.0. The Bertz CT molecular complexity index is 1520. The van der Waals surface area contributed by atoms with Gasteiger partial charge in [0.15, 0.2) is 12.4 Å². The predicted octanol–water partition coefficient (Wildman–Crippen LogP) is 1.22. The van der Waals surface area contributed by atoms with Crippen molar-refractivity contribution in [2.45, 2.75) is 147 Å². The lowest BCUT2D eigenvalue weighted by molar-refractivity contribution is -0.307. The molecular weight excluding hydrogens is 756 g/mol. The second kappa shape index (κ2) is 22.1. The number of methoxy groups -OCH3 is 2. The molecule has 6 N–H and O–H groups in total. The SMILES string of the molecule is CC[C@H](C)[C@@H]([C@@H](CC(=O)N1CCC[C@H]1[C@H](OC)[C@@H](C)C(=O)N[C@H](C)[C@@H](O[C@@H]1OC(C(=O)O)[C@@H](O)[C@H](O)[C@H]1O)c1ccccc1)OC)N(C)C(=O)[C@@H](NC(C)=O)C(C)C. The van der Waals surface area contributed by atoms with Crippen molar-refractivity contribution in [3.63, 3.8) is 0 Å². The fourth-order valence-electron chi connectivity index (χ4n) is 8.13. The summed E-state index contributed by atoms with van der Waals surface area (Å²) in [6.45, 7) is 12.8. The molecule has 2 saturated heterocycles. The van der Waals surface area contributed by atoms with Crippen LogP contribution < -0.4 is 10.6 Å². The summed E-state index contributed by atoms with van der Waals surface area (Å²) in [5, 5.41) is 46.5. The first-order valence-corrected chi connectivity index (χ1v) is 20.1. The molecule has 58 heavy (non-hydrogen) atoms. The minimum absolute atomic E-state index is 0.0419. The number of likely N-dealkylation sites (tertiary alicyclic amines) is 1. The molecule has 0 radical (unpaired) electrons. The van der Waals surface area contributed by atoms with Gasteiger partial charge in [-0.1, -0.05) is 71.4 Å². The molecule has 2 fully saturated rings. The quantitative estimate of drug-likeness (QED) is 0.109. The van der Waals surface area contributed by atoms with Gasteiger partial charge in [0.05, 0.1) is 42.7 Å². The zero-order valence-electron chi connectivity index (χ0n) is 35.4. The number of benzene rings is 1. The first-order chi connectivity index (χ1) is 27.3. The number of carbonyl (C=O) groups is 5. The Morgan fingerprint density at radius 3 is 2.12 bits per heavy atom. The van der Waals surface area contributed by atoms with Crippen LogP contribution in [0.5, 0.6) is 0 Å². The molecule has 2 aliphatic heterocycles. The number of likely N-dealkylation sites (N-methyl/N-ethyl adjacent to an activating group) is 1. The molecule has 0 aliphatic carbocycles. The number of carboxylic acids is 1. The van der Waals surface area contributed by atoms with Gasteiger partial charge in [-0.3, -0.25) is 19.2 Å². The maximum absolute atomic E-state index is 14.2. The topological polar surface area (TPSA) is 234 Å². The summed E-state index contributed by atoms with van der Waals surface area (Å²) in [6.07, 6.45) is -9.65. The molecule has 0 saturated carbocycles. The van der Waals surface area contributed by atoms with Gasteiger partial charge >= 0.3 is 5.97 Å². The van der Waals surface area contributed by atoms with Gasteiger partial charge in [0.2, 0.25) is 23.6 Å². The average Bonchev–Trinajstić information content (AvgIpc) is 3.67. The Kier molecular flexibility index (Phi) is 18.5. The molecule has 328 valence electrons. The number of amides is 4. The van der Waals surface area contributed by atoms with E-state index in [9.17, 15) is 44.4 Å². The number of nitrogens with zero attached hydrogens (tertiary/aromatic N) is 2. The number of nitrogens with one attached hydrogen (secondary N) is 2. The molecule has 1 unspecified atom stereocenters. The fraction of sp³-hybridized carbons (Fsp3) is 0.732. The van der Waals surface area contributed by atoms with Gasteiger partial charge in [-0.15, -0.1) is 0 Å². The number of carboxylic acid groups (broad SMARTS) is 1. The molecule has 0 spiro atoms. The van der Waals surface area contributed by atoms with E-state index in [-0.39, 0.29) is 36.0 Å². The van der Waals surface area contributed by atoms with Crippen LogP contribution in [0.15, 0.2) is 30.3 Å². The number of carbonyl (C=O) groups excluding carboxylic acids is 4. The number of hydrogen-bond donors (Lipinski definition) is 6. The normalized spacial score (nSPS) is 26.4. The Morgan fingerprint density at radius 2 is 1.59 bits per heavy atom. The molecule has 14 atom stereocenters.